The zero-order valence-electron chi connectivity index (χ0n) is 17.1. The van der Waals surface area contributed by atoms with Gasteiger partial charge in [-0.2, -0.15) is 13.2 Å². The fraction of sp³-hybridized carbons (Fsp3) is 0.391. The standard InChI is InChI=1S/C23H24F3N3O2/c1-14-12-29(9-10-30-14)19-13-31-20-8-3-2-5-15(20)22(19)28-18-7-4-6-17-16(18)11-21(27-17)23(24,25)26/h2-8,11,14,19,22,27-28H,9-10,12-13H2,1H3/t14-,19?,22+/m1/s1. The van der Waals surface area contributed by atoms with Crippen molar-refractivity contribution in [1.82, 2.24) is 9.88 Å². The lowest BCUT2D eigenvalue weighted by Gasteiger charge is -2.44. The number of nitrogens with zero attached hydrogens (tertiary/aromatic N) is 1. The van der Waals surface area contributed by atoms with Crippen molar-refractivity contribution in [2.45, 2.75) is 31.3 Å². The first-order valence-corrected chi connectivity index (χ1v) is 10.4. The molecule has 1 unspecified atom stereocenters. The van der Waals surface area contributed by atoms with Gasteiger partial charge >= 0.3 is 6.18 Å². The molecular weight excluding hydrogens is 407 g/mol. The van der Waals surface area contributed by atoms with Crippen LogP contribution in [0.15, 0.2) is 48.5 Å². The van der Waals surface area contributed by atoms with Crippen molar-refractivity contribution >= 4 is 16.6 Å². The number of ether oxygens (including phenoxy) is 2. The number of hydrogen-bond acceptors (Lipinski definition) is 4. The SMILES string of the molecule is C[C@@H]1CN(C2COc3ccccc3[C@@H]2Nc2cccc3[nH]c(C(F)(F)F)cc23)CCO1. The number of alkyl halides is 3. The summed E-state index contributed by atoms with van der Waals surface area (Å²) in [7, 11) is 0. The number of aromatic amines is 1. The highest BCUT2D eigenvalue weighted by molar-refractivity contribution is 5.93. The molecule has 5 nitrogen and oxygen atoms in total. The molecule has 31 heavy (non-hydrogen) atoms. The van der Waals surface area contributed by atoms with E-state index in [0.29, 0.717) is 29.8 Å². The minimum atomic E-state index is -4.42. The molecule has 3 aromatic rings. The van der Waals surface area contributed by atoms with E-state index in [2.05, 4.69) is 15.2 Å². The predicted molar refractivity (Wildman–Crippen MR) is 112 cm³/mol. The van der Waals surface area contributed by atoms with E-state index >= 15 is 0 Å². The van der Waals surface area contributed by atoms with Crippen LogP contribution in [0.2, 0.25) is 0 Å². The van der Waals surface area contributed by atoms with Crippen LogP contribution < -0.4 is 10.1 Å². The zero-order valence-corrected chi connectivity index (χ0v) is 17.1. The van der Waals surface area contributed by atoms with Crippen LogP contribution >= 0.6 is 0 Å². The molecule has 8 heteroatoms. The number of anilines is 1. The summed E-state index contributed by atoms with van der Waals surface area (Å²) in [6.45, 7) is 4.75. The van der Waals surface area contributed by atoms with Gasteiger partial charge in [0, 0.05) is 35.2 Å². The monoisotopic (exact) mass is 431 g/mol. The first-order valence-electron chi connectivity index (χ1n) is 10.4. The highest BCUT2D eigenvalue weighted by atomic mass is 19.4. The van der Waals surface area contributed by atoms with Gasteiger partial charge in [0.05, 0.1) is 24.8 Å². The number of fused-ring (bicyclic) bond motifs is 2. The molecule has 3 heterocycles. The summed E-state index contributed by atoms with van der Waals surface area (Å²) in [5, 5.41) is 4.08. The van der Waals surface area contributed by atoms with E-state index in [9.17, 15) is 13.2 Å². The maximum Gasteiger partial charge on any atom is 0.431 e. The lowest BCUT2D eigenvalue weighted by atomic mass is 9.94. The Morgan fingerprint density at radius 2 is 1.97 bits per heavy atom. The van der Waals surface area contributed by atoms with E-state index in [0.717, 1.165) is 24.4 Å². The van der Waals surface area contributed by atoms with E-state index in [1.165, 1.54) is 6.07 Å². The molecular formula is C23H24F3N3O2. The lowest BCUT2D eigenvalue weighted by molar-refractivity contribution is -0.140. The molecule has 0 radical (unpaired) electrons. The van der Waals surface area contributed by atoms with E-state index in [4.69, 9.17) is 9.47 Å². The van der Waals surface area contributed by atoms with E-state index in [1.54, 1.807) is 12.1 Å². The molecule has 0 saturated carbocycles. The molecule has 0 bridgehead atoms. The fourth-order valence-electron chi connectivity index (χ4n) is 4.59. The van der Waals surface area contributed by atoms with Gasteiger partial charge in [-0.1, -0.05) is 24.3 Å². The van der Waals surface area contributed by atoms with Gasteiger partial charge in [-0.25, -0.2) is 0 Å². The Morgan fingerprint density at radius 1 is 1.13 bits per heavy atom. The molecule has 5 rings (SSSR count). The third-order valence-electron chi connectivity index (χ3n) is 6.07. The van der Waals surface area contributed by atoms with Crippen molar-refractivity contribution in [2.24, 2.45) is 0 Å². The number of rotatable bonds is 3. The zero-order chi connectivity index (χ0) is 21.6. The number of para-hydroxylation sites is 1. The molecule has 3 atom stereocenters. The normalized spacial score (nSPS) is 24.6. The Hall–Kier alpha value is -2.71. The second kappa shape index (κ2) is 7.76. The summed E-state index contributed by atoms with van der Waals surface area (Å²) >= 11 is 0. The maximum atomic E-state index is 13.3. The summed E-state index contributed by atoms with van der Waals surface area (Å²) in [6, 6.07) is 14.1. The van der Waals surface area contributed by atoms with Gasteiger partial charge in [0.2, 0.25) is 0 Å². The van der Waals surface area contributed by atoms with Crippen LogP contribution in [0, 0.1) is 0 Å². The summed E-state index contributed by atoms with van der Waals surface area (Å²) in [5.74, 6) is 0.801. The van der Waals surface area contributed by atoms with Crippen molar-refractivity contribution < 1.29 is 22.6 Å². The van der Waals surface area contributed by atoms with E-state index < -0.39 is 11.9 Å². The molecule has 0 amide bonds. The number of aromatic nitrogens is 1. The first-order chi connectivity index (χ1) is 14.9. The Morgan fingerprint density at radius 3 is 2.77 bits per heavy atom. The number of morpholine rings is 1. The molecule has 0 aliphatic carbocycles. The molecule has 164 valence electrons. The quantitative estimate of drug-likeness (QED) is 0.624. The minimum absolute atomic E-state index is 0.0255. The molecule has 2 aromatic carbocycles. The lowest BCUT2D eigenvalue weighted by Crippen LogP contribution is -2.54. The number of hydrogen-bond donors (Lipinski definition) is 2. The van der Waals surface area contributed by atoms with Crippen molar-refractivity contribution in [3.63, 3.8) is 0 Å². The van der Waals surface area contributed by atoms with Gasteiger partial charge in [0.15, 0.2) is 0 Å². The first kappa shape index (κ1) is 20.2. The highest BCUT2D eigenvalue weighted by Gasteiger charge is 2.37. The third kappa shape index (κ3) is 3.85. The molecule has 1 aromatic heterocycles. The van der Waals surface area contributed by atoms with Gasteiger partial charge in [-0.15, -0.1) is 0 Å². The molecule has 0 spiro atoms. The summed E-state index contributed by atoms with van der Waals surface area (Å²) in [6.07, 6.45) is -4.30. The second-order valence-corrected chi connectivity index (χ2v) is 8.16. The van der Waals surface area contributed by atoms with Crippen molar-refractivity contribution in [3.8, 4) is 5.75 Å². The smallest absolute Gasteiger partial charge is 0.431 e. The van der Waals surface area contributed by atoms with Crippen LogP contribution in [0.5, 0.6) is 5.75 Å². The summed E-state index contributed by atoms with van der Waals surface area (Å²) in [5.41, 5.74) is 1.37. The van der Waals surface area contributed by atoms with E-state index in [1.807, 2.05) is 37.3 Å². The average molecular weight is 431 g/mol. The molecule has 1 fully saturated rings. The van der Waals surface area contributed by atoms with Crippen LogP contribution in [-0.4, -0.2) is 48.3 Å². The average Bonchev–Trinajstić information content (AvgIpc) is 3.20. The number of nitrogens with one attached hydrogen (secondary N) is 2. The van der Waals surface area contributed by atoms with Gasteiger partial charge < -0.3 is 19.8 Å². The summed E-state index contributed by atoms with van der Waals surface area (Å²) in [4.78, 5) is 4.84. The van der Waals surface area contributed by atoms with Crippen LogP contribution in [0.4, 0.5) is 18.9 Å². The third-order valence-corrected chi connectivity index (χ3v) is 6.07. The van der Waals surface area contributed by atoms with Gasteiger partial charge in [-0.05, 0) is 31.2 Å². The Balaban J connectivity index is 1.54. The maximum absolute atomic E-state index is 13.3. The molecule has 2 aliphatic heterocycles. The topological polar surface area (TPSA) is 49.5 Å². The predicted octanol–water partition coefficient (Wildman–Crippen LogP) is 4.82. The largest absolute Gasteiger partial charge is 0.491 e. The Kier molecular flexibility index (Phi) is 5.06. The number of H-pyrrole nitrogens is 1. The second-order valence-electron chi connectivity index (χ2n) is 8.16. The Labute approximate surface area is 178 Å². The molecule has 2 N–H and O–H groups in total. The Bertz CT molecular complexity index is 1080. The van der Waals surface area contributed by atoms with E-state index in [-0.39, 0.29) is 18.2 Å². The fourth-order valence-corrected chi connectivity index (χ4v) is 4.59. The minimum Gasteiger partial charge on any atom is -0.491 e. The summed E-state index contributed by atoms with van der Waals surface area (Å²) < 4.78 is 51.6. The number of benzene rings is 2. The van der Waals surface area contributed by atoms with Crippen LogP contribution in [-0.2, 0) is 10.9 Å². The molecule has 1 saturated heterocycles. The van der Waals surface area contributed by atoms with Crippen molar-refractivity contribution in [3.05, 3.63) is 59.8 Å². The van der Waals surface area contributed by atoms with Crippen LogP contribution in [0.1, 0.15) is 24.2 Å². The highest BCUT2D eigenvalue weighted by Crippen LogP contribution is 2.39. The van der Waals surface area contributed by atoms with Crippen molar-refractivity contribution in [2.75, 3.05) is 31.6 Å². The van der Waals surface area contributed by atoms with Gasteiger partial charge in [0.1, 0.15) is 18.1 Å². The van der Waals surface area contributed by atoms with Crippen LogP contribution in [0.25, 0.3) is 10.9 Å². The van der Waals surface area contributed by atoms with Crippen molar-refractivity contribution in [1.29, 1.82) is 0 Å². The van der Waals surface area contributed by atoms with Gasteiger partial charge in [0.25, 0.3) is 0 Å². The number of halogens is 3. The van der Waals surface area contributed by atoms with Crippen LogP contribution in [0.3, 0.4) is 0 Å². The molecule has 2 aliphatic rings. The van der Waals surface area contributed by atoms with Gasteiger partial charge in [-0.3, -0.25) is 4.90 Å².